The van der Waals surface area contributed by atoms with E-state index < -0.39 is 0 Å². The van der Waals surface area contributed by atoms with Crippen molar-refractivity contribution in [1.29, 1.82) is 0 Å². The summed E-state index contributed by atoms with van der Waals surface area (Å²) >= 11 is 1.96. The smallest absolute Gasteiger partial charge is 0.0446 e. The Kier molecular flexibility index (Phi) is 5.05. The van der Waals surface area contributed by atoms with Crippen molar-refractivity contribution in [2.75, 3.05) is 6.54 Å². The van der Waals surface area contributed by atoms with Crippen LogP contribution in [0.15, 0.2) is 11.4 Å². The zero-order chi connectivity index (χ0) is 12.1. The summed E-state index contributed by atoms with van der Waals surface area (Å²) in [6.45, 7) is 5.69. The summed E-state index contributed by atoms with van der Waals surface area (Å²) in [6.07, 6.45) is 8.11. The van der Waals surface area contributed by atoms with Crippen LogP contribution in [0, 0.1) is 5.92 Å². The average Bonchev–Trinajstić information content (AvgIpc) is 3.00. The van der Waals surface area contributed by atoms with Gasteiger partial charge in [0.05, 0.1) is 0 Å². The first kappa shape index (κ1) is 13.1. The fourth-order valence-electron chi connectivity index (χ4n) is 2.98. The minimum absolute atomic E-state index is 0.632. The second kappa shape index (κ2) is 6.55. The molecule has 96 valence electrons. The van der Waals surface area contributed by atoms with Crippen molar-refractivity contribution in [3.05, 3.63) is 21.9 Å². The van der Waals surface area contributed by atoms with E-state index in [2.05, 4.69) is 30.6 Å². The summed E-state index contributed by atoms with van der Waals surface area (Å²) in [5, 5.41) is 6.07. The molecule has 1 unspecified atom stereocenters. The van der Waals surface area contributed by atoms with Crippen molar-refractivity contribution in [2.24, 2.45) is 5.92 Å². The standard InChI is InChI=1S/C15H25NS/c1-3-10-16-14(13-7-5-6-8-13)15-12(4-2)9-11-17-15/h9,11,13-14,16H,3-8,10H2,1-2H3. The molecule has 1 N–H and O–H groups in total. The molecule has 1 nitrogen and oxygen atoms in total. The Morgan fingerprint density at radius 2 is 2.12 bits per heavy atom. The molecule has 0 spiro atoms. The third-order valence-electron chi connectivity index (χ3n) is 3.93. The highest BCUT2D eigenvalue weighted by atomic mass is 32.1. The second-order valence-corrected chi connectivity index (χ2v) is 6.09. The summed E-state index contributed by atoms with van der Waals surface area (Å²) in [4.78, 5) is 1.62. The average molecular weight is 251 g/mol. The van der Waals surface area contributed by atoms with Crippen LogP contribution < -0.4 is 5.32 Å². The lowest BCUT2D eigenvalue weighted by atomic mass is 9.94. The van der Waals surface area contributed by atoms with Gasteiger partial charge >= 0.3 is 0 Å². The molecule has 0 aromatic carbocycles. The third-order valence-corrected chi connectivity index (χ3v) is 4.97. The molecule has 0 saturated heterocycles. The highest BCUT2D eigenvalue weighted by molar-refractivity contribution is 7.10. The fourth-order valence-corrected chi connectivity index (χ4v) is 4.14. The molecule has 0 aliphatic heterocycles. The molecule has 1 aromatic rings. The van der Waals surface area contributed by atoms with Gasteiger partial charge in [0.2, 0.25) is 0 Å². The van der Waals surface area contributed by atoms with Gasteiger partial charge < -0.3 is 5.32 Å². The summed E-state index contributed by atoms with van der Waals surface area (Å²) in [6, 6.07) is 2.95. The van der Waals surface area contributed by atoms with Crippen LogP contribution in [0.2, 0.25) is 0 Å². The van der Waals surface area contributed by atoms with E-state index in [0.717, 1.165) is 12.5 Å². The highest BCUT2D eigenvalue weighted by Gasteiger charge is 2.27. The molecule has 0 amide bonds. The lowest BCUT2D eigenvalue weighted by Crippen LogP contribution is -2.27. The van der Waals surface area contributed by atoms with Gasteiger partial charge in [0, 0.05) is 10.9 Å². The van der Waals surface area contributed by atoms with Crippen LogP contribution in [0.1, 0.15) is 62.4 Å². The molecule has 17 heavy (non-hydrogen) atoms. The van der Waals surface area contributed by atoms with Gasteiger partial charge in [-0.2, -0.15) is 0 Å². The normalized spacial score (nSPS) is 18.7. The summed E-state index contributed by atoms with van der Waals surface area (Å²) in [7, 11) is 0. The molecule has 0 radical (unpaired) electrons. The van der Waals surface area contributed by atoms with E-state index in [-0.39, 0.29) is 0 Å². The van der Waals surface area contributed by atoms with Crippen molar-refractivity contribution < 1.29 is 0 Å². The number of rotatable bonds is 6. The fraction of sp³-hybridized carbons (Fsp3) is 0.733. The van der Waals surface area contributed by atoms with E-state index in [9.17, 15) is 0 Å². The van der Waals surface area contributed by atoms with E-state index >= 15 is 0 Å². The van der Waals surface area contributed by atoms with Gasteiger partial charge in [0.25, 0.3) is 0 Å². The number of hydrogen-bond acceptors (Lipinski definition) is 2. The molecule has 1 heterocycles. The maximum Gasteiger partial charge on any atom is 0.0446 e. The molecule has 1 aliphatic rings. The molecular formula is C15H25NS. The predicted molar refractivity (Wildman–Crippen MR) is 76.7 cm³/mol. The Morgan fingerprint density at radius 3 is 2.76 bits per heavy atom. The lowest BCUT2D eigenvalue weighted by molar-refractivity contribution is 0.371. The van der Waals surface area contributed by atoms with Gasteiger partial charge in [0.1, 0.15) is 0 Å². The van der Waals surface area contributed by atoms with Crippen molar-refractivity contribution in [1.82, 2.24) is 5.32 Å². The first-order chi connectivity index (χ1) is 8.36. The van der Waals surface area contributed by atoms with Crippen LogP contribution in [-0.2, 0) is 6.42 Å². The van der Waals surface area contributed by atoms with Crippen molar-refractivity contribution in [3.63, 3.8) is 0 Å². The quantitative estimate of drug-likeness (QED) is 0.782. The molecule has 2 rings (SSSR count). The first-order valence-corrected chi connectivity index (χ1v) is 8.04. The molecule has 1 fully saturated rings. The van der Waals surface area contributed by atoms with E-state index in [4.69, 9.17) is 0 Å². The van der Waals surface area contributed by atoms with Gasteiger partial charge in [0.15, 0.2) is 0 Å². The van der Waals surface area contributed by atoms with Crippen LogP contribution in [0.4, 0.5) is 0 Å². The summed E-state index contributed by atoms with van der Waals surface area (Å²) in [5.41, 5.74) is 1.57. The van der Waals surface area contributed by atoms with E-state index in [1.165, 1.54) is 38.5 Å². The van der Waals surface area contributed by atoms with Crippen molar-refractivity contribution in [2.45, 2.75) is 58.4 Å². The van der Waals surface area contributed by atoms with E-state index in [1.54, 1.807) is 10.4 Å². The zero-order valence-corrected chi connectivity index (χ0v) is 12.0. The second-order valence-electron chi connectivity index (χ2n) is 5.14. The van der Waals surface area contributed by atoms with Gasteiger partial charge in [-0.15, -0.1) is 11.3 Å². The van der Waals surface area contributed by atoms with Gasteiger partial charge in [-0.05, 0) is 55.2 Å². The van der Waals surface area contributed by atoms with E-state index in [1.807, 2.05) is 11.3 Å². The number of thiophene rings is 1. The Bertz CT molecular complexity index is 325. The van der Waals surface area contributed by atoms with Crippen LogP contribution >= 0.6 is 11.3 Å². The Morgan fingerprint density at radius 1 is 1.35 bits per heavy atom. The van der Waals surface area contributed by atoms with Crippen LogP contribution in [0.5, 0.6) is 0 Å². The first-order valence-electron chi connectivity index (χ1n) is 7.16. The SMILES string of the molecule is CCCNC(c1sccc1CC)C1CCCC1. The maximum absolute atomic E-state index is 3.80. The topological polar surface area (TPSA) is 12.0 Å². The molecule has 1 aromatic heterocycles. The molecule has 0 bridgehead atoms. The Balaban J connectivity index is 2.13. The highest BCUT2D eigenvalue weighted by Crippen LogP contribution is 2.39. The number of aryl methyl sites for hydroxylation is 1. The van der Waals surface area contributed by atoms with Gasteiger partial charge in [-0.25, -0.2) is 0 Å². The Labute approximate surface area is 110 Å². The van der Waals surface area contributed by atoms with Crippen LogP contribution in [0.3, 0.4) is 0 Å². The molecule has 1 saturated carbocycles. The molecule has 1 aliphatic carbocycles. The molecule has 1 atom stereocenters. The maximum atomic E-state index is 3.80. The lowest BCUT2D eigenvalue weighted by Gasteiger charge is -2.25. The van der Waals surface area contributed by atoms with Crippen LogP contribution in [-0.4, -0.2) is 6.54 Å². The minimum Gasteiger partial charge on any atom is -0.309 e. The number of nitrogens with one attached hydrogen (secondary N) is 1. The van der Waals surface area contributed by atoms with Crippen molar-refractivity contribution in [3.8, 4) is 0 Å². The van der Waals surface area contributed by atoms with Gasteiger partial charge in [-0.1, -0.05) is 26.7 Å². The molecular weight excluding hydrogens is 226 g/mol. The van der Waals surface area contributed by atoms with Gasteiger partial charge in [-0.3, -0.25) is 0 Å². The van der Waals surface area contributed by atoms with Crippen molar-refractivity contribution >= 4 is 11.3 Å². The van der Waals surface area contributed by atoms with E-state index in [0.29, 0.717) is 6.04 Å². The largest absolute Gasteiger partial charge is 0.309 e. The third kappa shape index (κ3) is 3.11. The summed E-state index contributed by atoms with van der Waals surface area (Å²) < 4.78 is 0. The monoisotopic (exact) mass is 251 g/mol. The number of hydrogen-bond donors (Lipinski definition) is 1. The summed E-state index contributed by atoms with van der Waals surface area (Å²) in [5.74, 6) is 0.880. The Hall–Kier alpha value is -0.340. The zero-order valence-electron chi connectivity index (χ0n) is 11.2. The predicted octanol–water partition coefficient (Wildman–Crippen LogP) is 4.54. The van der Waals surface area contributed by atoms with Crippen LogP contribution in [0.25, 0.3) is 0 Å². The molecule has 2 heteroatoms. The minimum atomic E-state index is 0.632.